The zero-order chi connectivity index (χ0) is 11.8. The first-order valence-electron chi connectivity index (χ1n) is 5.58. The molecule has 84 valence electrons. The van der Waals surface area contributed by atoms with E-state index in [1.54, 1.807) is 12.1 Å². The molecule has 2 heteroatoms. The standard InChI is InChI=1S/C15H12FN/c1-10-2-4-11(5-3-10)14-9-17-15-7-6-12(16)8-13(14)15/h2-9,17H,1H3. The van der Waals surface area contributed by atoms with Gasteiger partial charge in [-0.15, -0.1) is 0 Å². The quantitative estimate of drug-likeness (QED) is 0.636. The fourth-order valence-electron chi connectivity index (χ4n) is 2.06. The second kappa shape index (κ2) is 3.74. The molecule has 0 saturated heterocycles. The van der Waals surface area contributed by atoms with Gasteiger partial charge in [-0.3, -0.25) is 0 Å². The molecule has 0 aliphatic carbocycles. The molecule has 0 spiro atoms. The minimum atomic E-state index is -0.203. The molecule has 2 aromatic carbocycles. The summed E-state index contributed by atoms with van der Waals surface area (Å²) in [5.74, 6) is -0.203. The van der Waals surface area contributed by atoms with Gasteiger partial charge in [-0.2, -0.15) is 0 Å². The van der Waals surface area contributed by atoms with Crippen molar-refractivity contribution in [2.75, 3.05) is 0 Å². The second-order valence-corrected chi connectivity index (χ2v) is 4.26. The minimum absolute atomic E-state index is 0.203. The topological polar surface area (TPSA) is 15.8 Å². The summed E-state index contributed by atoms with van der Waals surface area (Å²) in [6.45, 7) is 2.05. The van der Waals surface area contributed by atoms with Crippen LogP contribution in [0.2, 0.25) is 0 Å². The first-order chi connectivity index (χ1) is 8.24. The van der Waals surface area contributed by atoms with E-state index >= 15 is 0 Å². The number of halogens is 1. The Bertz CT molecular complexity index is 665. The summed E-state index contributed by atoms with van der Waals surface area (Å²) in [6, 6.07) is 13.0. The first-order valence-corrected chi connectivity index (χ1v) is 5.58. The molecule has 3 aromatic rings. The van der Waals surface area contributed by atoms with Crippen LogP contribution in [-0.4, -0.2) is 4.98 Å². The summed E-state index contributed by atoms with van der Waals surface area (Å²) >= 11 is 0. The Morgan fingerprint density at radius 2 is 1.76 bits per heavy atom. The van der Waals surface area contributed by atoms with Crippen LogP contribution in [0.5, 0.6) is 0 Å². The van der Waals surface area contributed by atoms with Crippen LogP contribution in [0.1, 0.15) is 5.56 Å². The van der Waals surface area contributed by atoms with E-state index in [1.165, 1.54) is 11.6 Å². The lowest BCUT2D eigenvalue weighted by atomic mass is 10.0. The number of hydrogen-bond acceptors (Lipinski definition) is 0. The number of fused-ring (bicyclic) bond motifs is 1. The Kier molecular flexibility index (Phi) is 2.22. The van der Waals surface area contributed by atoms with Gasteiger partial charge in [0.1, 0.15) is 5.82 Å². The molecule has 0 bridgehead atoms. The third-order valence-corrected chi connectivity index (χ3v) is 3.01. The van der Waals surface area contributed by atoms with E-state index in [0.29, 0.717) is 0 Å². The smallest absolute Gasteiger partial charge is 0.123 e. The van der Waals surface area contributed by atoms with Gasteiger partial charge in [0.2, 0.25) is 0 Å². The average Bonchev–Trinajstić information content (AvgIpc) is 2.73. The molecular formula is C15H12FN. The van der Waals surface area contributed by atoms with Crippen molar-refractivity contribution in [3.8, 4) is 11.1 Å². The third kappa shape index (κ3) is 1.72. The number of aromatic amines is 1. The molecule has 0 amide bonds. The lowest BCUT2D eigenvalue weighted by Gasteiger charge is -2.00. The van der Waals surface area contributed by atoms with Crippen molar-refractivity contribution in [2.24, 2.45) is 0 Å². The molecule has 0 unspecified atom stereocenters. The number of nitrogens with one attached hydrogen (secondary N) is 1. The van der Waals surface area contributed by atoms with Crippen molar-refractivity contribution in [3.63, 3.8) is 0 Å². The summed E-state index contributed by atoms with van der Waals surface area (Å²) in [4.78, 5) is 3.16. The Hall–Kier alpha value is -2.09. The molecular weight excluding hydrogens is 213 g/mol. The summed E-state index contributed by atoms with van der Waals surface area (Å²) in [6.07, 6.45) is 1.93. The van der Waals surface area contributed by atoms with Crippen LogP contribution in [0.4, 0.5) is 4.39 Å². The number of benzene rings is 2. The van der Waals surface area contributed by atoms with E-state index in [0.717, 1.165) is 22.0 Å². The normalized spacial score (nSPS) is 10.9. The van der Waals surface area contributed by atoms with Gasteiger partial charge in [0.15, 0.2) is 0 Å². The van der Waals surface area contributed by atoms with Gasteiger partial charge in [-0.1, -0.05) is 29.8 Å². The van der Waals surface area contributed by atoms with E-state index in [2.05, 4.69) is 36.2 Å². The summed E-state index contributed by atoms with van der Waals surface area (Å²) in [5, 5.41) is 0.925. The molecule has 0 aliphatic heterocycles. The maximum atomic E-state index is 13.3. The molecule has 1 nitrogen and oxygen atoms in total. The molecule has 1 aromatic heterocycles. The van der Waals surface area contributed by atoms with Crippen LogP contribution in [0.15, 0.2) is 48.7 Å². The van der Waals surface area contributed by atoms with Gasteiger partial charge in [0.25, 0.3) is 0 Å². The highest BCUT2D eigenvalue weighted by molar-refractivity contribution is 5.95. The number of hydrogen-bond donors (Lipinski definition) is 1. The highest BCUT2D eigenvalue weighted by atomic mass is 19.1. The zero-order valence-electron chi connectivity index (χ0n) is 9.50. The van der Waals surface area contributed by atoms with Crippen LogP contribution < -0.4 is 0 Å². The van der Waals surface area contributed by atoms with E-state index in [4.69, 9.17) is 0 Å². The Morgan fingerprint density at radius 1 is 1.00 bits per heavy atom. The van der Waals surface area contributed by atoms with Gasteiger partial charge in [-0.05, 0) is 30.7 Å². The monoisotopic (exact) mass is 225 g/mol. The fourth-order valence-corrected chi connectivity index (χ4v) is 2.06. The summed E-state index contributed by atoms with van der Waals surface area (Å²) < 4.78 is 13.3. The lowest BCUT2D eigenvalue weighted by Crippen LogP contribution is -1.78. The Morgan fingerprint density at radius 3 is 2.53 bits per heavy atom. The lowest BCUT2D eigenvalue weighted by molar-refractivity contribution is 0.630. The second-order valence-electron chi connectivity index (χ2n) is 4.26. The average molecular weight is 225 g/mol. The largest absolute Gasteiger partial charge is 0.361 e. The van der Waals surface area contributed by atoms with E-state index in [-0.39, 0.29) is 5.82 Å². The van der Waals surface area contributed by atoms with Gasteiger partial charge >= 0.3 is 0 Å². The molecule has 17 heavy (non-hydrogen) atoms. The maximum Gasteiger partial charge on any atom is 0.123 e. The van der Waals surface area contributed by atoms with Crippen LogP contribution in [0, 0.1) is 12.7 Å². The minimum Gasteiger partial charge on any atom is -0.361 e. The van der Waals surface area contributed by atoms with Gasteiger partial charge in [-0.25, -0.2) is 4.39 Å². The van der Waals surface area contributed by atoms with Crippen molar-refractivity contribution in [1.29, 1.82) is 0 Å². The fraction of sp³-hybridized carbons (Fsp3) is 0.0667. The van der Waals surface area contributed by atoms with Gasteiger partial charge in [0.05, 0.1) is 0 Å². The predicted molar refractivity (Wildman–Crippen MR) is 68.4 cm³/mol. The summed E-state index contributed by atoms with van der Waals surface area (Å²) in [7, 11) is 0. The van der Waals surface area contributed by atoms with Crippen molar-refractivity contribution in [2.45, 2.75) is 6.92 Å². The predicted octanol–water partition coefficient (Wildman–Crippen LogP) is 4.28. The highest BCUT2D eigenvalue weighted by Gasteiger charge is 2.06. The Balaban J connectivity index is 2.23. The van der Waals surface area contributed by atoms with Crippen molar-refractivity contribution in [1.82, 2.24) is 4.98 Å². The summed E-state index contributed by atoms with van der Waals surface area (Å²) in [5.41, 5.74) is 4.33. The van der Waals surface area contributed by atoms with Crippen LogP contribution in [-0.2, 0) is 0 Å². The molecule has 0 aliphatic rings. The maximum absolute atomic E-state index is 13.3. The third-order valence-electron chi connectivity index (χ3n) is 3.01. The highest BCUT2D eigenvalue weighted by Crippen LogP contribution is 2.29. The van der Waals surface area contributed by atoms with Crippen molar-refractivity contribution >= 4 is 10.9 Å². The van der Waals surface area contributed by atoms with E-state index < -0.39 is 0 Å². The van der Waals surface area contributed by atoms with Crippen LogP contribution in [0.25, 0.3) is 22.0 Å². The number of H-pyrrole nitrogens is 1. The molecule has 3 rings (SSSR count). The molecule has 0 saturated carbocycles. The number of aryl methyl sites for hydroxylation is 1. The number of rotatable bonds is 1. The van der Waals surface area contributed by atoms with Crippen molar-refractivity contribution < 1.29 is 4.39 Å². The molecule has 0 radical (unpaired) electrons. The molecule has 1 N–H and O–H groups in total. The molecule has 0 atom stereocenters. The first kappa shape index (κ1) is 10.1. The van der Waals surface area contributed by atoms with Crippen LogP contribution in [0.3, 0.4) is 0 Å². The van der Waals surface area contributed by atoms with Crippen molar-refractivity contribution in [3.05, 3.63) is 60.0 Å². The molecule has 1 heterocycles. The van der Waals surface area contributed by atoms with E-state index in [1.807, 2.05) is 6.20 Å². The Labute approximate surface area is 98.9 Å². The number of aromatic nitrogens is 1. The van der Waals surface area contributed by atoms with Gasteiger partial charge < -0.3 is 4.98 Å². The van der Waals surface area contributed by atoms with Crippen LogP contribution >= 0.6 is 0 Å². The molecule has 0 fully saturated rings. The zero-order valence-corrected chi connectivity index (χ0v) is 9.50. The SMILES string of the molecule is Cc1ccc(-c2c[nH]c3ccc(F)cc23)cc1. The van der Waals surface area contributed by atoms with E-state index in [9.17, 15) is 4.39 Å². The van der Waals surface area contributed by atoms with Gasteiger partial charge in [0, 0.05) is 22.7 Å².